The molecule has 1 N–H and O–H groups in total. The lowest BCUT2D eigenvalue weighted by molar-refractivity contribution is -0.118. The molecule has 7 heteroatoms. The van der Waals surface area contributed by atoms with Crippen LogP contribution in [0.15, 0.2) is 30.3 Å². The number of ether oxygens (including phenoxy) is 3. The van der Waals surface area contributed by atoms with Gasteiger partial charge in [-0.25, -0.2) is 0 Å². The molecule has 0 saturated heterocycles. The predicted molar refractivity (Wildman–Crippen MR) is 94.9 cm³/mol. The van der Waals surface area contributed by atoms with Crippen molar-refractivity contribution in [2.45, 2.75) is 6.92 Å². The van der Waals surface area contributed by atoms with Crippen LogP contribution in [0, 0.1) is 6.92 Å². The first-order valence-electron chi connectivity index (χ1n) is 7.05. The van der Waals surface area contributed by atoms with Crippen LogP contribution in [-0.2, 0) is 4.79 Å². The van der Waals surface area contributed by atoms with Gasteiger partial charge in [-0.3, -0.25) is 4.79 Å². The fourth-order valence-corrected chi connectivity index (χ4v) is 2.42. The Morgan fingerprint density at radius 3 is 2.38 bits per heavy atom. The molecule has 24 heavy (non-hydrogen) atoms. The third kappa shape index (κ3) is 4.46. The van der Waals surface area contributed by atoms with E-state index >= 15 is 0 Å². The van der Waals surface area contributed by atoms with Crippen LogP contribution in [0.5, 0.6) is 17.2 Å². The van der Waals surface area contributed by atoms with Crippen LogP contribution in [0.3, 0.4) is 0 Å². The van der Waals surface area contributed by atoms with Gasteiger partial charge in [0.05, 0.1) is 30.0 Å². The van der Waals surface area contributed by atoms with Gasteiger partial charge in [-0.15, -0.1) is 0 Å². The highest BCUT2D eigenvalue weighted by Gasteiger charge is 2.13. The summed E-state index contributed by atoms with van der Waals surface area (Å²) in [6.07, 6.45) is 0. The zero-order chi connectivity index (χ0) is 17.7. The SMILES string of the molecule is COc1cc(OC)c(NC(=O)COc2cc(C)ccc2Cl)cc1Cl. The van der Waals surface area contributed by atoms with Gasteiger partial charge in [0, 0.05) is 6.07 Å². The van der Waals surface area contributed by atoms with E-state index in [-0.39, 0.29) is 12.5 Å². The van der Waals surface area contributed by atoms with Gasteiger partial charge in [0.2, 0.25) is 0 Å². The van der Waals surface area contributed by atoms with Crippen LogP contribution in [0.1, 0.15) is 5.56 Å². The van der Waals surface area contributed by atoms with Crippen molar-refractivity contribution >= 4 is 34.8 Å². The van der Waals surface area contributed by atoms with Crippen molar-refractivity contribution < 1.29 is 19.0 Å². The van der Waals surface area contributed by atoms with Gasteiger partial charge in [0.25, 0.3) is 5.91 Å². The zero-order valence-corrected chi connectivity index (χ0v) is 15.0. The van der Waals surface area contributed by atoms with Crippen molar-refractivity contribution in [3.8, 4) is 17.2 Å². The molecule has 0 aliphatic carbocycles. The minimum Gasteiger partial charge on any atom is -0.495 e. The number of aryl methyl sites for hydroxylation is 1. The number of hydrogen-bond donors (Lipinski definition) is 1. The number of methoxy groups -OCH3 is 2. The lowest BCUT2D eigenvalue weighted by atomic mass is 10.2. The molecule has 0 aliphatic heterocycles. The summed E-state index contributed by atoms with van der Waals surface area (Å²) in [5.74, 6) is 0.964. The first-order chi connectivity index (χ1) is 11.4. The standard InChI is InChI=1S/C17H17Cl2NO4/c1-10-4-5-11(18)15(6-10)24-9-17(21)20-13-7-12(19)14(22-2)8-16(13)23-3/h4-8H,9H2,1-3H3,(H,20,21). The smallest absolute Gasteiger partial charge is 0.262 e. The van der Waals surface area contributed by atoms with Crippen molar-refractivity contribution in [1.29, 1.82) is 0 Å². The maximum absolute atomic E-state index is 12.1. The molecule has 0 bridgehead atoms. The Morgan fingerprint density at radius 1 is 1.00 bits per heavy atom. The van der Waals surface area contributed by atoms with E-state index < -0.39 is 0 Å². The Bertz CT molecular complexity index is 750. The van der Waals surface area contributed by atoms with Crippen molar-refractivity contribution in [3.05, 3.63) is 45.9 Å². The van der Waals surface area contributed by atoms with Crippen LogP contribution in [-0.4, -0.2) is 26.7 Å². The summed E-state index contributed by atoms with van der Waals surface area (Å²) in [4.78, 5) is 12.1. The lowest BCUT2D eigenvalue weighted by Gasteiger charge is -2.14. The second-order valence-corrected chi connectivity index (χ2v) is 5.77. The fourth-order valence-electron chi connectivity index (χ4n) is 2.01. The molecule has 0 unspecified atom stereocenters. The van der Waals surface area contributed by atoms with E-state index in [1.54, 1.807) is 24.3 Å². The highest BCUT2D eigenvalue weighted by Crippen LogP contribution is 2.35. The van der Waals surface area contributed by atoms with Crippen LogP contribution in [0.4, 0.5) is 5.69 Å². The van der Waals surface area contributed by atoms with Crippen molar-refractivity contribution in [2.24, 2.45) is 0 Å². The highest BCUT2D eigenvalue weighted by atomic mass is 35.5. The second-order valence-electron chi connectivity index (χ2n) is 4.96. The van der Waals surface area contributed by atoms with Gasteiger partial charge in [-0.05, 0) is 30.7 Å². The maximum Gasteiger partial charge on any atom is 0.262 e. The number of carbonyl (C=O) groups excluding carboxylic acids is 1. The number of benzene rings is 2. The normalized spacial score (nSPS) is 10.2. The van der Waals surface area contributed by atoms with Gasteiger partial charge in [-0.1, -0.05) is 29.3 Å². The van der Waals surface area contributed by atoms with Crippen LogP contribution in [0.25, 0.3) is 0 Å². The van der Waals surface area contributed by atoms with E-state index in [1.807, 2.05) is 13.0 Å². The molecule has 1 amide bonds. The summed E-state index contributed by atoms with van der Waals surface area (Å²) in [6, 6.07) is 8.49. The third-order valence-corrected chi connectivity index (χ3v) is 3.80. The van der Waals surface area contributed by atoms with Gasteiger partial charge >= 0.3 is 0 Å². The van der Waals surface area contributed by atoms with Gasteiger partial charge < -0.3 is 19.5 Å². The molecular weight excluding hydrogens is 353 g/mol. The largest absolute Gasteiger partial charge is 0.495 e. The van der Waals surface area contributed by atoms with E-state index in [2.05, 4.69) is 5.32 Å². The molecule has 0 saturated carbocycles. The van der Waals surface area contributed by atoms with E-state index in [1.165, 1.54) is 14.2 Å². The van der Waals surface area contributed by atoms with Crippen LogP contribution in [0.2, 0.25) is 10.0 Å². The number of anilines is 1. The minimum atomic E-state index is -0.368. The first kappa shape index (κ1) is 18.2. The quantitative estimate of drug-likeness (QED) is 0.822. The number of carbonyl (C=O) groups is 1. The van der Waals surface area contributed by atoms with E-state index in [9.17, 15) is 4.79 Å². The molecule has 0 atom stereocenters. The zero-order valence-electron chi connectivity index (χ0n) is 13.5. The summed E-state index contributed by atoms with van der Waals surface area (Å²) in [7, 11) is 2.99. The predicted octanol–water partition coefficient (Wildman–Crippen LogP) is 4.34. The van der Waals surface area contributed by atoms with Crippen LogP contribution < -0.4 is 19.5 Å². The van der Waals surface area contributed by atoms with E-state index in [0.717, 1.165) is 5.56 Å². The third-order valence-electron chi connectivity index (χ3n) is 3.19. The summed E-state index contributed by atoms with van der Waals surface area (Å²) in [5, 5.41) is 3.49. The van der Waals surface area contributed by atoms with Gasteiger partial charge in [0.15, 0.2) is 6.61 Å². The molecule has 2 aromatic carbocycles. The second kappa shape index (κ2) is 8.13. The first-order valence-corrected chi connectivity index (χ1v) is 7.80. The number of amides is 1. The summed E-state index contributed by atoms with van der Waals surface area (Å²) >= 11 is 12.1. The van der Waals surface area contributed by atoms with Gasteiger partial charge in [0.1, 0.15) is 17.2 Å². The molecule has 0 aromatic heterocycles. The Morgan fingerprint density at radius 2 is 1.71 bits per heavy atom. The summed E-state index contributed by atoms with van der Waals surface area (Å²) in [6.45, 7) is 1.71. The Labute approximate surface area is 150 Å². The fraction of sp³-hybridized carbons (Fsp3) is 0.235. The monoisotopic (exact) mass is 369 g/mol. The van der Waals surface area contributed by atoms with Crippen LogP contribution >= 0.6 is 23.2 Å². The van der Waals surface area contributed by atoms with Crippen molar-refractivity contribution in [3.63, 3.8) is 0 Å². The Hall–Kier alpha value is -2.11. The maximum atomic E-state index is 12.1. The summed E-state index contributed by atoms with van der Waals surface area (Å²) < 4.78 is 15.8. The van der Waals surface area contributed by atoms with Crippen molar-refractivity contribution in [2.75, 3.05) is 26.1 Å². The Kier molecular flexibility index (Phi) is 6.17. The van der Waals surface area contributed by atoms with Gasteiger partial charge in [-0.2, -0.15) is 0 Å². The lowest BCUT2D eigenvalue weighted by Crippen LogP contribution is -2.20. The number of hydrogen-bond acceptors (Lipinski definition) is 4. The molecule has 0 heterocycles. The number of halogens is 2. The molecule has 2 rings (SSSR count). The molecule has 5 nitrogen and oxygen atoms in total. The Balaban J connectivity index is 2.07. The number of nitrogens with one attached hydrogen (secondary N) is 1. The van der Waals surface area contributed by atoms with E-state index in [0.29, 0.717) is 33.0 Å². The molecule has 0 radical (unpaired) electrons. The topological polar surface area (TPSA) is 56.8 Å². The molecule has 2 aromatic rings. The minimum absolute atomic E-state index is 0.198. The average Bonchev–Trinajstić information content (AvgIpc) is 2.56. The summed E-state index contributed by atoms with van der Waals surface area (Å²) in [5.41, 5.74) is 1.41. The molecule has 0 spiro atoms. The number of rotatable bonds is 6. The molecular formula is C17H17Cl2NO4. The molecule has 128 valence electrons. The average molecular weight is 370 g/mol. The molecule has 0 aliphatic rings. The van der Waals surface area contributed by atoms with E-state index in [4.69, 9.17) is 37.4 Å². The van der Waals surface area contributed by atoms with Crippen molar-refractivity contribution in [1.82, 2.24) is 0 Å². The molecule has 0 fully saturated rings. The highest BCUT2D eigenvalue weighted by molar-refractivity contribution is 6.32.